The van der Waals surface area contributed by atoms with E-state index in [-0.39, 0.29) is 11.5 Å². The summed E-state index contributed by atoms with van der Waals surface area (Å²) < 4.78 is 11.0. The first-order valence-electron chi connectivity index (χ1n) is 7.73. The third kappa shape index (κ3) is 3.96. The first-order chi connectivity index (χ1) is 11.5. The molecule has 2 aromatic rings. The summed E-state index contributed by atoms with van der Waals surface area (Å²) >= 11 is 0. The molecular formula is C20H22O4. The van der Waals surface area contributed by atoms with Gasteiger partial charge in [-0.2, -0.15) is 0 Å². The number of methoxy groups -OCH3 is 2. The van der Waals surface area contributed by atoms with Gasteiger partial charge in [-0.05, 0) is 41.3 Å². The first-order valence-corrected chi connectivity index (χ1v) is 7.73. The molecule has 4 nitrogen and oxygen atoms in total. The highest BCUT2D eigenvalue weighted by molar-refractivity contribution is 5.88. The smallest absolute Gasteiger partial charge is 0.335 e. The Morgan fingerprint density at radius 2 is 1.58 bits per heavy atom. The predicted molar refractivity (Wildman–Crippen MR) is 96.0 cm³/mol. The van der Waals surface area contributed by atoms with E-state index in [4.69, 9.17) is 14.6 Å². The topological polar surface area (TPSA) is 55.8 Å². The Morgan fingerprint density at radius 3 is 2.08 bits per heavy atom. The van der Waals surface area contributed by atoms with Gasteiger partial charge in [0.05, 0.1) is 19.8 Å². The van der Waals surface area contributed by atoms with Crippen molar-refractivity contribution in [3.8, 4) is 11.5 Å². The molecule has 0 amide bonds. The molecule has 0 fully saturated rings. The van der Waals surface area contributed by atoms with Crippen molar-refractivity contribution in [2.75, 3.05) is 14.2 Å². The molecule has 1 N–H and O–H groups in total. The van der Waals surface area contributed by atoms with Crippen LogP contribution < -0.4 is 9.47 Å². The third-order valence-corrected chi connectivity index (χ3v) is 3.75. The standard InChI is InChI=1S/C20H22O4/c1-13(2)19-17(23-3)11-15(12-18(19)24-4)9-8-14-6-5-7-16(10-14)20(21)22/h5-13H,1-4H3,(H,21,22). The van der Waals surface area contributed by atoms with Crippen LogP contribution in [0.1, 0.15) is 46.8 Å². The number of hydrogen-bond donors (Lipinski definition) is 1. The molecule has 0 aromatic heterocycles. The zero-order valence-electron chi connectivity index (χ0n) is 14.4. The lowest BCUT2D eigenvalue weighted by atomic mass is 9.98. The minimum atomic E-state index is -0.935. The van der Waals surface area contributed by atoms with Gasteiger partial charge in [0.1, 0.15) is 11.5 Å². The Bertz CT molecular complexity index is 735. The van der Waals surface area contributed by atoms with E-state index in [0.717, 1.165) is 28.2 Å². The highest BCUT2D eigenvalue weighted by Crippen LogP contribution is 2.36. The Labute approximate surface area is 142 Å². The van der Waals surface area contributed by atoms with Crippen LogP contribution in [0.4, 0.5) is 0 Å². The van der Waals surface area contributed by atoms with Crippen molar-refractivity contribution in [3.63, 3.8) is 0 Å². The molecule has 0 radical (unpaired) electrons. The van der Waals surface area contributed by atoms with Crippen molar-refractivity contribution in [2.45, 2.75) is 19.8 Å². The maximum Gasteiger partial charge on any atom is 0.335 e. The van der Waals surface area contributed by atoms with Gasteiger partial charge < -0.3 is 14.6 Å². The fraction of sp³-hybridized carbons (Fsp3) is 0.250. The number of benzene rings is 2. The second-order valence-corrected chi connectivity index (χ2v) is 5.76. The van der Waals surface area contributed by atoms with Crippen LogP contribution in [0.25, 0.3) is 12.2 Å². The maximum atomic E-state index is 11.0. The van der Waals surface area contributed by atoms with Crippen LogP contribution in [-0.4, -0.2) is 25.3 Å². The molecule has 0 aliphatic heterocycles. The summed E-state index contributed by atoms with van der Waals surface area (Å²) in [6.07, 6.45) is 3.78. The van der Waals surface area contributed by atoms with Crippen molar-refractivity contribution in [2.24, 2.45) is 0 Å². The summed E-state index contributed by atoms with van der Waals surface area (Å²) in [5, 5.41) is 9.06. The fourth-order valence-corrected chi connectivity index (χ4v) is 2.59. The number of carboxylic acid groups (broad SMARTS) is 1. The average Bonchev–Trinajstić information content (AvgIpc) is 2.58. The summed E-state index contributed by atoms with van der Waals surface area (Å²) in [6.45, 7) is 4.18. The van der Waals surface area contributed by atoms with Gasteiger partial charge in [0, 0.05) is 5.56 Å². The van der Waals surface area contributed by atoms with Crippen LogP contribution in [0, 0.1) is 0 Å². The predicted octanol–water partition coefficient (Wildman–Crippen LogP) is 4.70. The van der Waals surface area contributed by atoms with Gasteiger partial charge in [0.2, 0.25) is 0 Å². The van der Waals surface area contributed by atoms with Crippen LogP contribution in [0.3, 0.4) is 0 Å². The fourth-order valence-electron chi connectivity index (χ4n) is 2.59. The van der Waals surface area contributed by atoms with Crippen molar-refractivity contribution >= 4 is 18.1 Å². The van der Waals surface area contributed by atoms with E-state index in [1.165, 1.54) is 0 Å². The van der Waals surface area contributed by atoms with Gasteiger partial charge in [0.15, 0.2) is 0 Å². The molecule has 0 atom stereocenters. The highest BCUT2D eigenvalue weighted by atomic mass is 16.5. The van der Waals surface area contributed by atoms with E-state index in [1.807, 2.05) is 30.4 Å². The first kappa shape index (κ1) is 17.6. The van der Waals surface area contributed by atoms with Crippen molar-refractivity contribution in [3.05, 3.63) is 58.7 Å². The third-order valence-electron chi connectivity index (χ3n) is 3.75. The number of ether oxygens (including phenoxy) is 2. The van der Waals surface area contributed by atoms with E-state index in [9.17, 15) is 4.79 Å². The number of carboxylic acids is 1. The molecule has 4 heteroatoms. The second-order valence-electron chi connectivity index (χ2n) is 5.76. The molecule has 0 heterocycles. The summed E-state index contributed by atoms with van der Waals surface area (Å²) in [5.41, 5.74) is 3.04. The summed E-state index contributed by atoms with van der Waals surface area (Å²) in [4.78, 5) is 11.0. The molecule has 0 saturated carbocycles. The lowest BCUT2D eigenvalue weighted by Gasteiger charge is -2.17. The van der Waals surface area contributed by atoms with Crippen molar-refractivity contribution < 1.29 is 19.4 Å². The summed E-state index contributed by atoms with van der Waals surface area (Å²) in [5.74, 6) is 0.904. The molecule has 2 rings (SSSR count). The van der Waals surface area contributed by atoms with E-state index in [0.29, 0.717) is 0 Å². The monoisotopic (exact) mass is 326 g/mol. The zero-order valence-corrected chi connectivity index (χ0v) is 14.4. The molecule has 2 aromatic carbocycles. The largest absolute Gasteiger partial charge is 0.496 e. The van der Waals surface area contributed by atoms with Crippen LogP contribution in [0.5, 0.6) is 11.5 Å². The van der Waals surface area contributed by atoms with Gasteiger partial charge in [-0.3, -0.25) is 0 Å². The normalized spacial score (nSPS) is 11.0. The van der Waals surface area contributed by atoms with Crippen molar-refractivity contribution in [1.29, 1.82) is 0 Å². The summed E-state index contributed by atoms with van der Waals surface area (Å²) in [6, 6.07) is 10.7. The quantitative estimate of drug-likeness (QED) is 0.782. The van der Waals surface area contributed by atoms with Crippen LogP contribution >= 0.6 is 0 Å². The Kier molecular flexibility index (Phi) is 5.64. The number of rotatable bonds is 6. The minimum Gasteiger partial charge on any atom is -0.496 e. The lowest BCUT2D eigenvalue weighted by molar-refractivity contribution is 0.0697. The zero-order chi connectivity index (χ0) is 17.7. The van der Waals surface area contributed by atoms with Gasteiger partial charge in [0.25, 0.3) is 0 Å². The van der Waals surface area contributed by atoms with Gasteiger partial charge in [-0.1, -0.05) is 38.1 Å². The highest BCUT2D eigenvalue weighted by Gasteiger charge is 2.14. The molecule has 0 aliphatic rings. The minimum absolute atomic E-state index is 0.266. The molecule has 0 unspecified atom stereocenters. The number of hydrogen-bond acceptors (Lipinski definition) is 3. The molecule has 0 saturated heterocycles. The van der Waals surface area contributed by atoms with Crippen molar-refractivity contribution in [1.82, 2.24) is 0 Å². The van der Waals surface area contributed by atoms with E-state index in [2.05, 4.69) is 13.8 Å². The Hall–Kier alpha value is -2.75. The molecule has 24 heavy (non-hydrogen) atoms. The lowest BCUT2D eigenvalue weighted by Crippen LogP contribution is -1.99. The molecule has 0 aliphatic carbocycles. The molecule has 0 bridgehead atoms. The SMILES string of the molecule is COc1cc(C=Cc2cccc(C(=O)O)c2)cc(OC)c1C(C)C. The number of aromatic carboxylic acids is 1. The van der Waals surface area contributed by atoms with Crippen LogP contribution in [0.2, 0.25) is 0 Å². The molecule has 126 valence electrons. The van der Waals surface area contributed by atoms with Gasteiger partial charge in [-0.25, -0.2) is 4.79 Å². The number of carbonyl (C=O) groups is 1. The molecule has 0 spiro atoms. The second kappa shape index (κ2) is 7.68. The van der Waals surface area contributed by atoms with Crippen LogP contribution in [-0.2, 0) is 0 Å². The summed E-state index contributed by atoms with van der Waals surface area (Å²) in [7, 11) is 3.29. The van der Waals surface area contributed by atoms with Crippen LogP contribution in [0.15, 0.2) is 36.4 Å². The van der Waals surface area contributed by atoms with E-state index < -0.39 is 5.97 Å². The molecular weight excluding hydrogens is 304 g/mol. The van der Waals surface area contributed by atoms with Gasteiger partial charge in [-0.15, -0.1) is 0 Å². The van der Waals surface area contributed by atoms with E-state index in [1.54, 1.807) is 32.4 Å². The Morgan fingerprint density at radius 1 is 1.00 bits per heavy atom. The Balaban J connectivity index is 2.39. The van der Waals surface area contributed by atoms with Gasteiger partial charge >= 0.3 is 5.97 Å². The average molecular weight is 326 g/mol. The maximum absolute atomic E-state index is 11.0. The van der Waals surface area contributed by atoms with E-state index >= 15 is 0 Å².